The summed E-state index contributed by atoms with van der Waals surface area (Å²) >= 11 is 0. The smallest absolute Gasteiger partial charge is 0.0111 e. The van der Waals surface area contributed by atoms with E-state index in [0.29, 0.717) is 0 Å². The minimum Gasteiger partial charge on any atom is -0.799 e. The maximum Gasteiger partial charge on any atom is 0.0111 e. The number of nitrogens with one attached hydrogen (secondary N) is 1. The van der Waals surface area contributed by atoms with E-state index >= 15 is 0 Å². The first kappa shape index (κ1) is 6.07. The molecule has 0 saturated carbocycles. The molecule has 0 radical (unpaired) electrons. The molecule has 0 aliphatic carbocycles. The predicted molar refractivity (Wildman–Crippen MR) is 14.9 cm³/mol. The van der Waals surface area contributed by atoms with Crippen LogP contribution in [0.3, 0.4) is 0 Å². The Hall–Kier alpha value is 0.0700. The number of rotatable bonds is 1. The van der Waals surface area contributed by atoms with Crippen LogP contribution in [-0.4, -0.2) is 0 Å². The predicted octanol–water partition coefficient (Wildman–Crippen LogP) is -2.72. The minimum atomic E-state index is -4.62. The van der Waals surface area contributed by atoms with E-state index < -0.39 is 7.75 Å². The SMILES string of the molecule is NNP(=O)([O-])[O-]. The van der Waals surface area contributed by atoms with Gasteiger partial charge in [-0.1, -0.05) is 0 Å². The summed E-state index contributed by atoms with van der Waals surface area (Å²) in [6.07, 6.45) is 0. The molecule has 3 N–H and O–H groups in total. The molecular formula is H3N2O3P-2. The van der Waals surface area contributed by atoms with Crippen LogP contribution in [0.5, 0.6) is 0 Å². The van der Waals surface area contributed by atoms with Gasteiger partial charge in [-0.05, 0) is 0 Å². The van der Waals surface area contributed by atoms with Crippen molar-refractivity contribution in [2.45, 2.75) is 0 Å². The molecule has 0 aromatic carbocycles. The molecule has 0 aromatic heterocycles. The van der Waals surface area contributed by atoms with Crippen molar-refractivity contribution in [1.82, 2.24) is 5.20 Å². The number of hydrogen-bond donors (Lipinski definition) is 2. The van der Waals surface area contributed by atoms with Crippen LogP contribution in [0.1, 0.15) is 0 Å². The van der Waals surface area contributed by atoms with Crippen molar-refractivity contribution in [3.63, 3.8) is 0 Å². The van der Waals surface area contributed by atoms with Gasteiger partial charge in [0.25, 0.3) is 0 Å². The van der Waals surface area contributed by atoms with E-state index in [0.717, 1.165) is 5.20 Å². The zero-order chi connectivity index (χ0) is 5.21. The molecule has 38 valence electrons. The monoisotopic (exact) mass is 110 g/mol. The van der Waals surface area contributed by atoms with Crippen molar-refractivity contribution in [3.8, 4) is 0 Å². The van der Waals surface area contributed by atoms with Crippen molar-refractivity contribution < 1.29 is 14.4 Å². The first-order valence-corrected chi connectivity index (χ1v) is 2.60. The summed E-state index contributed by atoms with van der Waals surface area (Å²) in [5.74, 6) is 4.17. The molecule has 0 bridgehead atoms. The van der Waals surface area contributed by atoms with Crippen LogP contribution in [0.2, 0.25) is 0 Å². The Morgan fingerprint density at radius 3 is 1.83 bits per heavy atom. The van der Waals surface area contributed by atoms with Crippen LogP contribution in [0.4, 0.5) is 0 Å². The van der Waals surface area contributed by atoms with Crippen LogP contribution in [0.25, 0.3) is 0 Å². The van der Waals surface area contributed by atoms with Crippen molar-refractivity contribution in [2.24, 2.45) is 5.84 Å². The highest BCUT2D eigenvalue weighted by molar-refractivity contribution is 7.46. The molecule has 6 heteroatoms. The lowest BCUT2D eigenvalue weighted by Gasteiger charge is -2.26. The van der Waals surface area contributed by atoms with Crippen LogP contribution in [0.15, 0.2) is 0 Å². The molecule has 0 rings (SSSR count). The van der Waals surface area contributed by atoms with Gasteiger partial charge >= 0.3 is 0 Å². The van der Waals surface area contributed by atoms with E-state index in [1.54, 1.807) is 0 Å². The highest BCUT2D eigenvalue weighted by atomic mass is 31.2. The van der Waals surface area contributed by atoms with Crippen LogP contribution in [-0.2, 0) is 4.57 Å². The fourth-order valence-corrected chi connectivity index (χ4v) is 0. The van der Waals surface area contributed by atoms with Crippen molar-refractivity contribution >= 4 is 7.75 Å². The molecule has 0 unspecified atom stereocenters. The van der Waals surface area contributed by atoms with Gasteiger partial charge in [-0.3, -0.25) is 5.84 Å². The molecule has 0 atom stereocenters. The van der Waals surface area contributed by atoms with E-state index in [2.05, 4.69) is 5.84 Å². The van der Waals surface area contributed by atoms with Gasteiger partial charge in [0.05, 0.1) is 0 Å². The number of hydrogen-bond acceptors (Lipinski definition) is 4. The average Bonchev–Trinajstić information content (AvgIpc) is 1.35. The van der Waals surface area contributed by atoms with Gasteiger partial charge in [0.1, 0.15) is 0 Å². The average molecular weight is 110 g/mol. The molecule has 6 heavy (non-hydrogen) atoms. The normalized spacial score (nSPS) is 11.8. The molecule has 0 spiro atoms. The molecule has 0 saturated heterocycles. The first-order chi connectivity index (χ1) is 2.56. The van der Waals surface area contributed by atoms with E-state index in [1.165, 1.54) is 0 Å². The largest absolute Gasteiger partial charge is 0.799 e. The third-order valence-corrected chi connectivity index (χ3v) is 0.474. The van der Waals surface area contributed by atoms with Gasteiger partial charge in [-0.25, -0.2) is 5.20 Å². The summed E-state index contributed by atoms with van der Waals surface area (Å²) in [5, 5.41) is 1.05. The standard InChI is InChI=1S/H5N2O3P/c1-2-6(3,4)5/h1H2,(H3,2,3,4,5)/p-2. The molecule has 0 heterocycles. The van der Waals surface area contributed by atoms with Gasteiger partial charge in [0, 0.05) is 7.75 Å². The van der Waals surface area contributed by atoms with Crippen LogP contribution in [0, 0.1) is 0 Å². The molecule has 5 nitrogen and oxygen atoms in total. The van der Waals surface area contributed by atoms with E-state index in [1.807, 2.05) is 0 Å². The van der Waals surface area contributed by atoms with Crippen molar-refractivity contribution in [1.29, 1.82) is 0 Å². The number of hydrazine groups is 1. The van der Waals surface area contributed by atoms with Gasteiger partial charge < -0.3 is 14.4 Å². The Balaban J connectivity index is 3.48. The Morgan fingerprint density at radius 2 is 1.83 bits per heavy atom. The molecule has 0 aliphatic rings. The quantitative estimate of drug-likeness (QED) is 0.217. The van der Waals surface area contributed by atoms with Crippen LogP contribution >= 0.6 is 7.75 Å². The lowest BCUT2D eigenvalue weighted by atomic mass is 13.0. The van der Waals surface area contributed by atoms with Gasteiger partial charge in [0.2, 0.25) is 0 Å². The van der Waals surface area contributed by atoms with E-state index in [9.17, 15) is 14.4 Å². The zero-order valence-electron chi connectivity index (χ0n) is 2.75. The Labute approximate surface area is 34.3 Å². The fraction of sp³-hybridized carbons (Fsp3) is 0. The van der Waals surface area contributed by atoms with E-state index in [-0.39, 0.29) is 0 Å². The maximum atomic E-state index is 9.24. The Bertz CT molecular complexity index is 72.9. The highest BCUT2D eigenvalue weighted by Crippen LogP contribution is 2.10. The third-order valence-electron chi connectivity index (χ3n) is 0.158. The summed E-state index contributed by atoms with van der Waals surface area (Å²) in [5.41, 5.74) is 0. The summed E-state index contributed by atoms with van der Waals surface area (Å²) in [4.78, 5) is 18.5. The zero-order valence-corrected chi connectivity index (χ0v) is 3.64. The Morgan fingerprint density at radius 1 is 1.67 bits per heavy atom. The summed E-state index contributed by atoms with van der Waals surface area (Å²) in [6, 6.07) is 0. The molecule has 0 fully saturated rings. The van der Waals surface area contributed by atoms with Crippen molar-refractivity contribution in [2.75, 3.05) is 0 Å². The van der Waals surface area contributed by atoms with Gasteiger partial charge in [-0.2, -0.15) is 0 Å². The second-order valence-corrected chi connectivity index (χ2v) is 1.88. The lowest BCUT2D eigenvalue weighted by molar-refractivity contribution is -0.318. The summed E-state index contributed by atoms with van der Waals surface area (Å²) in [6.45, 7) is 0. The Kier molecular flexibility index (Phi) is 1.70. The van der Waals surface area contributed by atoms with Gasteiger partial charge in [0.15, 0.2) is 0 Å². The van der Waals surface area contributed by atoms with Gasteiger partial charge in [-0.15, -0.1) is 0 Å². The van der Waals surface area contributed by atoms with Crippen LogP contribution < -0.4 is 20.8 Å². The lowest BCUT2D eigenvalue weighted by Crippen LogP contribution is -2.32. The summed E-state index contributed by atoms with van der Waals surface area (Å²) < 4.78 is 9.24. The topological polar surface area (TPSA) is 101 Å². The minimum absolute atomic E-state index is 1.05. The summed E-state index contributed by atoms with van der Waals surface area (Å²) in [7, 11) is -4.62. The van der Waals surface area contributed by atoms with E-state index in [4.69, 9.17) is 0 Å². The fourth-order valence-electron chi connectivity index (χ4n) is 0. The molecule has 0 amide bonds. The molecule has 0 aliphatic heterocycles. The first-order valence-electron chi connectivity index (χ1n) is 1.06. The number of nitrogens with two attached hydrogens (primary N) is 1. The highest BCUT2D eigenvalue weighted by Gasteiger charge is 1.73. The second-order valence-electron chi connectivity index (χ2n) is 0.627. The second kappa shape index (κ2) is 1.68. The van der Waals surface area contributed by atoms with Crippen molar-refractivity contribution in [3.05, 3.63) is 0 Å². The molecular weight excluding hydrogens is 107 g/mol. The third kappa shape index (κ3) is 4.07. The molecule has 0 aromatic rings. The maximum absolute atomic E-state index is 9.24.